The average Bonchev–Trinajstić information content (AvgIpc) is 3.26. The Morgan fingerprint density at radius 1 is 1.19 bits per heavy atom. The molecule has 1 saturated carbocycles. The molecular formula is C18H24N2O. The van der Waals surface area contributed by atoms with Crippen molar-refractivity contribution in [2.75, 3.05) is 0 Å². The molecule has 2 unspecified atom stereocenters. The number of hydrogen-bond donors (Lipinski definition) is 1. The van der Waals surface area contributed by atoms with Gasteiger partial charge in [-0.2, -0.15) is 0 Å². The van der Waals surface area contributed by atoms with Gasteiger partial charge < -0.3 is 10.6 Å². The molecule has 2 aliphatic rings. The Balaban J connectivity index is 1.69. The topological polar surface area (TPSA) is 46.3 Å². The number of carbonyl (C=O) groups excluding carboxylic acids is 1. The fourth-order valence-corrected chi connectivity index (χ4v) is 2.97. The molecule has 0 aromatic heterocycles. The van der Waals surface area contributed by atoms with Gasteiger partial charge in [-0.3, -0.25) is 4.79 Å². The van der Waals surface area contributed by atoms with E-state index in [1.165, 1.54) is 11.1 Å². The first kappa shape index (κ1) is 14.3. The molecule has 3 rings (SSSR count). The van der Waals surface area contributed by atoms with Crippen LogP contribution in [-0.4, -0.2) is 22.9 Å². The second-order valence-corrected chi connectivity index (χ2v) is 6.26. The van der Waals surface area contributed by atoms with Crippen molar-refractivity contribution in [1.82, 2.24) is 4.90 Å². The summed E-state index contributed by atoms with van der Waals surface area (Å²) < 4.78 is 0. The van der Waals surface area contributed by atoms with Crippen LogP contribution in [0.15, 0.2) is 36.4 Å². The van der Waals surface area contributed by atoms with E-state index in [1.54, 1.807) is 0 Å². The van der Waals surface area contributed by atoms with E-state index in [4.69, 9.17) is 5.73 Å². The molecule has 0 radical (unpaired) electrons. The van der Waals surface area contributed by atoms with E-state index in [0.29, 0.717) is 6.04 Å². The van der Waals surface area contributed by atoms with E-state index in [2.05, 4.69) is 36.1 Å². The zero-order valence-corrected chi connectivity index (χ0v) is 12.7. The lowest BCUT2D eigenvalue weighted by molar-refractivity contribution is -0.135. The molecular weight excluding hydrogens is 260 g/mol. The zero-order chi connectivity index (χ0) is 14.8. The largest absolute Gasteiger partial charge is 0.335 e. The molecule has 3 heteroatoms. The van der Waals surface area contributed by atoms with Crippen molar-refractivity contribution in [3.05, 3.63) is 47.5 Å². The molecule has 1 fully saturated rings. The quantitative estimate of drug-likeness (QED) is 0.845. The lowest BCUT2D eigenvalue weighted by Crippen LogP contribution is -2.37. The van der Waals surface area contributed by atoms with Gasteiger partial charge in [-0.25, -0.2) is 0 Å². The Kier molecular flexibility index (Phi) is 4.11. The van der Waals surface area contributed by atoms with Crippen LogP contribution in [-0.2, 0) is 17.8 Å². The molecule has 1 aromatic carbocycles. The first-order chi connectivity index (χ1) is 10.2. The fourth-order valence-electron chi connectivity index (χ4n) is 2.97. The first-order valence-electron chi connectivity index (χ1n) is 7.99. The second-order valence-electron chi connectivity index (χ2n) is 6.26. The number of nitrogens with zero attached hydrogens (tertiary/aromatic N) is 1. The van der Waals surface area contributed by atoms with Crippen LogP contribution in [0.5, 0.6) is 0 Å². The van der Waals surface area contributed by atoms with Crippen LogP contribution in [0.1, 0.15) is 37.3 Å². The van der Waals surface area contributed by atoms with Gasteiger partial charge in [0.05, 0.1) is 5.92 Å². The Bertz CT molecular complexity index is 531. The van der Waals surface area contributed by atoms with Gasteiger partial charge in [0.25, 0.3) is 0 Å². The van der Waals surface area contributed by atoms with E-state index in [9.17, 15) is 4.79 Å². The van der Waals surface area contributed by atoms with Gasteiger partial charge in [-0.1, -0.05) is 43.3 Å². The van der Waals surface area contributed by atoms with Gasteiger partial charge in [0.1, 0.15) is 0 Å². The predicted molar refractivity (Wildman–Crippen MR) is 84.6 cm³/mol. The molecule has 0 bridgehead atoms. The maximum Gasteiger partial charge on any atom is 0.230 e. The monoisotopic (exact) mass is 284 g/mol. The summed E-state index contributed by atoms with van der Waals surface area (Å²) in [5.74, 6) is 0.233. The van der Waals surface area contributed by atoms with E-state index in [0.717, 1.165) is 32.2 Å². The summed E-state index contributed by atoms with van der Waals surface area (Å²) in [6.45, 7) is 2.89. The molecule has 1 amide bonds. The normalized spacial score (nSPS) is 24.3. The van der Waals surface area contributed by atoms with Crippen LogP contribution >= 0.6 is 0 Å². The van der Waals surface area contributed by atoms with Gasteiger partial charge in [-0.05, 0) is 36.8 Å². The molecule has 2 atom stereocenters. The maximum atomic E-state index is 12.7. The molecule has 0 spiro atoms. The Morgan fingerprint density at radius 3 is 2.38 bits per heavy atom. The van der Waals surface area contributed by atoms with Crippen LogP contribution in [0.25, 0.3) is 0 Å². The highest BCUT2D eigenvalue weighted by Gasteiger charge is 2.36. The number of aryl methyl sites for hydroxylation is 1. The molecule has 3 nitrogen and oxygen atoms in total. The number of hydrogen-bond acceptors (Lipinski definition) is 2. The van der Waals surface area contributed by atoms with E-state index < -0.39 is 0 Å². The summed E-state index contributed by atoms with van der Waals surface area (Å²) in [4.78, 5) is 14.8. The van der Waals surface area contributed by atoms with Gasteiger partial charge in [0, 0.05) is 18.6 Å². The predicted octanol–water partition coefficient (Wildman–Crippen LogP) is 2.64. The Hall–Kier alpha value is -1.61. The van der Waals surface area contributed by atoms with Crippen molar-refractivity contribution in [1.29, 1.82) is 0 Å². The maximum absolute atomic E-state index is 12.7. The SMILES string of the molecule is CCc1ccc(CN(C(=O)C2C=CC(N)C2)C2CC2)cc1. The first-order valence-corrected chi connectivity index (χ1v) is 7.99. The molecule has 21 heavy (non-hydrogen) atoms. The molecule has 2 N–H and O–H groups in total. The van der Waals surface area contributed by atoms with Crippen LogP contribution < -0.4 is 5.73 Å². The van der Waals surface area contributed by atoms with Crippen molar-refractivity contribution in [3.63, 3.8) is 0 Å². The summed E-state index contributed by atoms with van der Waals surface area (Å²) >= 11 is 0. The Labute approximate surface area is 126 Å². The number of carbonyl (C=O) groups is 1. The molecule has 1 aromatic rings. The summed E-state index contributed by atoms with van der Waals surface area (Å²) in [6, 6.07) is 9.11. The van der Waals surface area contributed by atoms with E-state index >= 15 is 0 Å². The number of nitrogens with two attached hydrogens (primary N) is 1. The summed E-state index contributed by atoms with van der Waals surface area (Å²) in [6.07, 6.45) is 8.04. The van der Waals surface area contributed by atoms with Gasteiger partial charge in [0.2, 0.25) is 5.91 Å². The van der Waals surface area contributed by atoms with Crippen LogP contribution in [0, 0.1) is 5.92 Å². The minimum atomic E-state index is -0.0180. The highest BCUT2D eigenvalue weighted by Crippen LogP contribution is 2.31. The minimum absolute atomic E-state index is 0.0180. The zero-order valence-electron chi connectivity index (χ0n) is 12.7. The molecule has 0 saturated heterocycles. The highest BCUT2D eigenvalue weighted by atomic mass is 16.2. The van der Waals surface area contributed by atoms with Gasteiger partial charge in [0.15, 0.2) is 0 Å². The van der Waals surface area contributed by atoms with Crippen molar-refractivity contribution in [2.24, 2.45) is 11.7 Å². The average molecular weight is 284 g/mol. The number of benzene rings is 1. The smallest absolute Gasteiger partial charge is 0.230 e. The molecule has 0 heterocycles. The standard InChI is InChI=1S/C18H24N2O/c1-2-13-3-5-14(6-4-13)12-20(17-9-10-17)18(21)15-7-8-16(19)11-15/h3-8,15-17H,2,9-12,19H2,1H3. The summed E-state index contributed by atoms with van der Waals surface area (Å²) in [5, 5.41) is 0. The van der Waals surface area contributed by atoms with Crippen molar-refractivity contribution >= 4 is 5.91 Å². The lowest BCUT2D eigenvalue weighted by atomic mass is 10.0. The number of amides is 1. The summed E-state index contributed by atoms with van der Waals surface area (Å²) in [7, 11) is 0. The van der Waals surface area contributed by atoms with Crippen LogP contribution in [0.4, 0.5) is 0 Å². The Morgan fingerprint density at radius 2 is 1.86 bits per heavy atom. The molecule has 112 valence electrons. The van der Waals surface area contributed by atoms with Crippen LogP contribution in [0.3, 0.4) is 0 Å². The fraction of sp³-hybridized carbons (Fsp3) is 0.500. The summed E-state index contributed by atoms with van der Waals surface area (Å²) in [5.41, 5.74) is 8.44. The van der Waals surface area contributed by atoms with Crippen LogP contribution in [0.2, 0.25) is 0 Å². The van der Waals surface area contributed by atoms with Crippen molar-refractivity contribution < 1.29 is 4.79 Å². The van der Waals surface area contributed by atoms with Crippen molar-refractivity contribution in [2.45, 2.75) is 51.2 Å². The third kappa shape index (κ3) is 3.35. The van der Waals surface area contributed by atoms with Crippen molar-refractivity contribution in [3.8, 4) is 0 Å². The number of rotatable bonds is 5. The molecule has 0 aliphatic heterocycles. The lowest BCUT2D eigenvalue weighted by Gasteiger charge is -2.25. The van der Waals surface area contributed by atoms with Gasteiger partial charge >= 0.3 is 0 Å². The molecule has 2 aliphatic carbocycles. The third-order valence-corrected chi connectivity index (χ3v) is 4.49. The minimum Gasteiger partial charge on any atom is -0.335 e. The van der Waals surface area contributed by atoms with E-state index in [-0.39, 0.29) is 17.9 Å². The second kappa shape index (κ2) is 6.02. The van der Waals surface area contributed by atoms with E-state index in [1.807, 2.05) is 12.2 Å². The van der Waals surface area contributed by atoms with Gasteiger partial charge in [-0.15, -0.1) is 0 Å². The highest BCUT2D eigenvalue weighted by molar-refractivity contribution is 5.81. The third-order valence-electron chi connectivity index (χ3n) is 4.49.